The first-order valence-electron chi connectivity index (χ1n) is 14.0. The Bertz CT molecular complexity index is 1270. The molecule has 202 valence electrons. The molecular weight excluding hydrogens is 522 g/mol. The van der Waals surface area contributed by atoms with Crippen LogP contribution in [-0.4, -0.2) is 11.0 Å². The fraction of sp³-hybridized carbons (Fsp3) is 0.294. The zero-order valence-corrected chi connectivity index (χ0v) is 24.8. The molecule has 1 fully saturated rings. The quantitative estimate of drug-likeness (QED) is 0.185. The molecule has 0 N–H and O–H groups in total. The van der Waals surface area contributed by atoms with Crippen molar-refractivity contribution >= 4 is 26.8 Å². The van der Waals surface area contributed by atoms with Crippen molar-refractivity contribution in [3.8, 4) is 0 Å². The van der Waals surface area contributed by atoms with Gasteiger partial charge >= 0.3 is 0 Å². The molecule has 1 saturated heterocycles. The van der Waals surface area contributed by atoms with Crippen LogP contribution in [-0.2, 0) is 0 Å². The highest BCUT2D eigenvalue weighted by atomic mass is 31.2. The Morgan fingerprint density at radius 2 is 1.13 bits per heavy atom. The van der Waals surface area contributed by atoms with E-state index in [1.54, 1.807) is 12.1 Å². The van der Waals surface area contributed by atoms with Crippen LogP contribution >= 0.6 is 16.1 Å². The van der Waals surface area contributed by atoms with Gasteiger partial charge in [-0.05, 0) is 76.6 Å². The van der Waals surface area contributed by atoms with Crippen LogP contribution in [0.1, 0.15) is 66.2 Å². The van der Waals surface area contributed by atoms with E-state index in [2.05, 4.69) is 73.7 Å². The number of hydrogen-bond donors (Lipinski definition) is 0. The van der Waals surface area contributed by atoms with Crippen LogP contribution in [0.4, 0.5) is 8.78 Å². The number of halogens is 2. The molecular formula is C34H37F2NP2. The smallest absolute Gasteiger partial charge is 0.132 e. The summed E-state index contributed by atoms with van der Waals surface area (Å²) in [6.45, 7) is 7.27. The standard InChI is InChI=1S/C34H37F2NP2/c1-4-5-24-37(39(33-12-8-6-10-29(33)35)34-13-9-7-11-30(34)36)38-31(27-18-14-25(2)15-19-27)22-23-32(38)28-20-16-26(3)17-21-28/h6-21,31-32H,4-5,22-24H2,1-3H3/t31-,32-/m0/s1. The Labute approximate surface area is 234 Å². The molecule has 0 radical (unpaired) electrons. The van der Waals surface area contributed by atoms with Gasteiger partial charge in [0, 0.05) is 36.5 Å². The number of hydrogen-bond acceptors (Lipinski definition) is 1. The van der Waals surface area contributed by atoms with Crippen LogP contribution in [0.3, 0.4) is 0 Å². The lowest BCUT2D eigenvalue weighted by Crippen LogP contribution is -2.30. The molecule has 0 aliphatic carbocycles. The van der Waals surface area contributed by atoms with Gasteiger partial charge < -0.3 is 0 Å². The Balaban J connectivity index is 1.71. The molecule has 1 nitrogen and oxygen atoms in total. The molecule has 5 rings (SSSR count). The lowest BCUT2D eigenvalue weighted by Gasteiger charge is -2.42. The summed E-state index contributed by atoms with van der Waals surface area (Å²) < 4.78 is 33.8. The Kier molecular flexibility index (Phi) is 9.24. The maximum absolute atomic E-state index is 15.6. The number of aryl methyl sites for hydroxylation is 2. The second-order valence-electron chi connectivity index (χ2n) is 10.5. The zero-order valence-electron chi connectivity index (χ0n) is 23.0. The minimum atomic E-state index is -1.41. The van der Waals surface area contributed by atoms with Crippen LogP contribution in [0.5, 0.6) is 0 Å². The topological polar surface area (TPSA) is 3.24 Å². The van der Waals surface area contributed by atoms with Crippen LogP contribution in [0.2, 0.25) is 0 Å². The van der Waals surface area contributed by atoms with Crippen LogP contribution < -0.4 is 10.6 Å². The van der Waals surface area contributed by atoms with Crippen molar-refractivity contribution in [2.24, 2.45) is 0 Å². The monoisotopic (exact) mass is 559 g/mol. The molecule has 0 unspecified atom stereocenters. The van der Waals surface area contributed by atoms with Gasteiger partial charge in [-0.3, -0.25) is 4.44 Å². The average molecular weight is 560 g/mol. The highest BCUT2D eigenvalue weighted by molar-refractivity contribution is 7.79. The highest BCUT2D eigenvalue weighted by Crippen LogP contribution is 2.76. The van der Waals surface area contributed by atoms with Crippen molar-refractivity contribution in [1.82, 2.24) is 4.44 Å². The van der Waals surface area contributed by atoms with E-state index < -0.39 is 16.1 Å². The third kappa shape index (κ3) is 6.17. The van der Waals surface area contributed by atoms with Gasteiger partial charge in [-0.2, -0.15) is 0 Å². The number of benzene rings is 4. The maximum atomic E-state index is 15.6. The molecule has 0 amide bonds. The predicted molar refractivity (Wildman–Crippen MR) is 165 cm³/mol. The fourth-order valence-electron chi connectivity index (χ4n) is 5.58. The van der Waals surface area contributed by atoms with Crippen molar-refractivity contribution in [2.45, 2.75) is 57.8 Å². The summed E-state index contributed by atoms with van der Waals surface area (Å²) in [7, 11) is -2.21. The van der Waals surface area contributed by atoms with Crippen molar-refractivity contribution in [1.29, 1.82) is 0 Å². The Morgan fingerprint density at radius 1 is 0.692 bits per heavy atom. The molecule has 0 saturated carbocycles. The Morgan fingerprint density at radius 3 is 1.54 bits per heavy atom. The van der Waals surface area contributed by atoms with E-state index in [0.29, 0.717) is 21.9 Å². The van der Waals surface area contributed by atoms with Crippen molar-refractivity contribution in [3.63, 3.8) is 0 Å². The van der Waals surface area contributed by atoms with Gasteiger partial charge in [-0.1, -0.05) is 97.3 Å². The number of unbranched alkanes of at least 4 members (excludes halogenated alkanes) is 1. The van der Waals surface area contributed by atoms with Crippen LogP contribution in [0.25, 0.3) is 0 Å². The molecule has 0 bridgehead atoms. The number of nitrogens with zero attached hydrogens (tertiary/aromatic N) is 1. The summed E-state index contributed by atoms with van der Waals surface area (Å²) in [6, 6.07) is 32.0. The second kappa shape index (κ2) is 12.8. The summed E-state index contributed by atoms with van der Waals surface area (Å²) in [5.74, 6) is -0.498. The van der Waals surface area contributed by atoms with Gasteiger partial charge in [0.25, 0.3) is 0 Å². The van der Waals surface area contributed by atoms with Gasteiger partial charge in [-0.15, -0.1) is 0 Å². The summed E-state index contributed by atoms with van der Waals surface area (Å²) in [5, 5.41) is 1.24. The maximum Gasteiger partial charge on any atom is 0.132 e. The molecule has 1 aliphatic heterocycles. The van der Waals surface area contributed by atoms with Gasteiger partial charge in [0.05, 0.1) is 0 Å². The molecule has 0 aromatic heterocycles. The van der Waals surface area contributed by atoms with E-state index in [-0.39, 0.29) is 11.6 Å². The second-order valence-corrected chi connectivity index (χ2v) is 15.3. The third-order valence-electron chi connectivity index (χ3n) is 7.65. The van der Waals surface area contributed by atoms with Crippen molar-refractivity contribution < 1.29 is 8.78 Å². The minimum Gasteiger partial charge on any atom is -0.251 e. The van der Waals surface area contributed by atoms with E-state index in [9.17, 15) is 0 Å². The van der Waals surface area contributed by atoms with Crippen LogP contribution in [0, 0.1) is 25.5 Å². The molecule has 1 heterocycles. The zero-order chi connectivity index (χ0) is 27.4. The summed E-state index contributed by atoms with van der Waals surface area (Å²) in [4.78, 5) is 0. The SMILES string of the molecule is CCCCN(P(c1ccccc1F)c1ccccc1F)P1[C@H](c2ccc(C)cc2)CC[C@H]1c1ccc(C)cc1. The third-order valence-corrected chi connectivity index (χ3v) is 14.2. The normalized spacial score (nSPS) is 17.8. The van der Waals surface area contributed by atoms with Gasteiger partial charge in [-0.25, -0.2) is 8.78 Å². The lowest BCUT2D eigenvalue weighted by atomic mass is 10.0. The highest BCUT2D eigenvalue weighted by Gasteiger charge is 2.44. The van der Waals surface area contributed by atoms with Gasteiger partial charge in [0.2, 0.25) is 0 Å². The summed E-state index contributed by atoms with van der Waals surface area (Å²) >= 11 is 0. The van der Waals surface area contributed by atoms with Crippen molar-refractivity contribution in [3.05, 3.63) is 131 Å². The largest absolute Gasteiger partial charge is 0.251 e. The minimum absolute atomic E-state index is 0.249. The fourth-order valence-corrected chi connectivity index (χ4v) is 13.1. The van der Waals surface area contributed by atoms with E-state index in [0.717, 1.165) is 32.2 Å². The van der Waals surface area contributed by atoms with Crippen molar-refractivity contribution in [2.75, 3.05) is 6.54 Å². The van der Waals surface area contributed by atoms with E-state index in [4.69, 9.17) is 0 Å². The average Bonchev–Trinajstić information content (AvgIpc) is 3.38. The molecule has 5 heteroatoms. The molecule has 1 aliphatic rings. The van der Waals surface area contributed by atoms with Crippen LogP contribution in [0.15, 0.2) is 97.1 Å². The molecule has 4 aromatic carbocycles. The van der Waals surface area contributed by atoms with Gasteiger partial charge in [0.15, 0.2) is 0 Å². The van der Waals surface area contributed by atoms with E-state index in [1.165, 1.54) is 34.4 Å². The summed E-state index contributed by atoms with van der Waals surface area (Å²) in [6.07, 6.45) is 4.17. The molecule has 0 spiro atoms. The lowest BCUT2D eigenvalue weighted by molar-refractivity contribution is 0.617. The summed E-state index contributed by atoms with van der Waals surface area (Å²) in [5.41, 5.74) is 5.87. The first kappa shape index (κ1) is 28.1. The van der Waals surface area contributed by atoms with E-state index >= 15 is 8.78 Å². The number of rotatable bonds is 9. The predicted octanol–water partition coefficient (Wildman–Crippen LogP) is 9.70. The molecule has 39 heavy (non-hydrogen) atoms. The Hall–Kier alpha value is -2.44. The first-order valence-corrected chi connectivity index (χ1v) is 16.7. The molecule has 2 atom stereocenters. The van der Waals surface area contributed by atoms with E-state index in [1.807, 2.05) is 24.3 Å². The first-order chi connectivity index (χ1) is 19.0. The molecule has 4 aromatic rings. The van der Waals surface area contributed by atoms with Gasteiger partial charge in [0.1, 0.15) is 11.6 Å².